The van der Waals surface area contributed by atoms with E-state index in [1.165, 1.54) is 6.26 Å². The molecule has 0 amide bonds. The van der Waals surface area contributed by atoms with E-state index in [4.69, 9.17) is 4.74 Å². The van der Waals surface area contributed by atoms with Crippen molar-refractivity contribution in [2.24, 2.45) is 4.99 Å². The zero-order valence-corrected chi connectivity index (χ0v) is 7.91. The van der Waals surface area contributed by atoms with Crippen LogP contribution in [0, 0.1) is 0 Å². The second-order valence-electron chi connectivity index (χ2n) is 2.61. The average molecular weight is 179 g/mol. The number of allylic oxidation sites excluding steroid dienone is 2. The third-order valence-electron chi connectivity index (χ3n) is 1.76. The minimum atomic E-state index is -0.0292. The van der Waals surface area contributed by atoms with Crippen LogP contribution in [0.3, 0.4) is 0 Å². The van der Waals surface area contributed by atoms with Gasteiger partial charge in [-0.05, 0) is 19.4 Å². The highest BCUT2D eigenvalue weighted by Crippen LogP contribution is 2.14. The van der Waals surface area contributed by atoms with Crippen LogP contribution in [-0.4, -0.2) is 18.6 Å². The van der Waals surface area contributed by atoms with Crippen LogP contribution >= 0.6 is 0 Å². The lowest BCUT2D eigenvalue weighted by molar-refractivity contribution is -0.112. The third-order valence-corrected chi connectivity index (χ3v) is 1.76. The molecular formula is C10H13NO2. The Bertz CT molecular complexity index is 287. The van der Waals surface area contributed by atoms with Crippen molar-refractivity contribution in [1.29, 1.82) is 0 Å². The van der Waals surface area contributed by atoms with Gasteiger partial charge in [-0.15, -0.1) is 0 Å². The lowest BCUT2D eigenvalue weighted by Crippen LogP contribution is -2.09. The van der Waals surface area contributed by atoms with Crippen molar-refractivity contribution in [3.63, 3.8) is 0 Å². The molecular weight excluding hydrogens is 166 g/mol. The topological polar surface area (TPSA) is 38.7 Å². The van der Waals surface area contributed by atoms with Gasteiger partial charge in [0.05, 0.1) is 6.61 Å². The number of dihydropyridines is 1. The number of carbonyl (C=O) groups is 1. The summed E-state index contributed by atoms with van der Waals surface area (Å²) in [6, 6.07) is 0. The first kappa shape index (κ1) is 9.71. The van der Waals surface area contributed by atoms with Crippen molar-refractivity contribution in [2.75, 3.05) is 6.61 Å². The van der Waals surface area contributed by atoms with Crippen LogP contribution in [0.4, 0.5) is 0 Å². The van der Waals surface area contributed by atoms with E-state index in [0.29, 0.717) is 12.3 Å². The smallest absolute Gasteiger partial charge is 0.210 e. The summed E-state index contributed by atoms with van der Waals surface area (Å²) in [6.07, 6.45) is 5.52. The fourth-order valence-electron chi connectivity index (χ4n) is 1.03. The van der Waals surface area contributed by atoms with Crippen molar-refractivity contribution < 1.29 is 9.53 Å². The van der Waals surface area contributed by atoms with Crippen LogP contribution in [0.15, 0.2) is 28.6 Å². The minimum Gasteiger partial charge on any atom is -0.499 e. The number of hydrogen-bond acceptors (Lipinski definition) is 3. The molecule has 0 N–H and O–H groups in total. The lowest BCUT2D eigenvalue weighted by atomic mass is 10.1. The van der Waals surface area contributed by atoms with Crippen LogP contribution in [0.25, 0.3) is 0 Å². The molecule has 13 heavy (non-hydrogen) atoms. The second-order valence-corrected chi connectivity index (χ2v) is 2.61. The summed E-state index contributed by atoms with van der Waals surface area (Å²) < 4.78 is 5.01. The Labute approximate surface area is 77.8 Å². The van der Waals surface area contributed by atoms with E-state index in [2.05, 4.69) is 4.99 Å². The molecule has 0 bridgehead atoms. The normalized spacial score (nSPS) is 19.1. The van der Waals surface area contributed by atoms with Gasteiger partial charge in [0.1, 0.15) is 12.0 Å². The Morgan fingerprint density at radius 3 is 2.92 bits per heavy atom. The number of carbonyl (C=O) groups excluding carboxylic acids is 1. The molecule has 0 saturated heterocycles. The molecule has 0 aromatic carbocycles. The molecule has 0 radical (unpaired) electrons. The Morgan fingerprint density at radius 2 is 2.31 bits per heavy atom. The molecule has 0 atom stereocenters. The second kappa shape index (κ2) is 4.60. The number of nitrogens with zero attached hydrogens (tertiary/aromatic N) is 1. The Balaban J connectivity index is 2.77. The summed E-state index contributed by atoms with van der Waals surface area (Å²) in [5.41, 5.74) is 1.17. The first-order chi connectivity index (χ1) is 6.29. The van der Waals surface area contributed by atoms with E-state index in [0.717, 1.165) is 12.0 Å². The molecule has 1 aliphatic heterocycles. The Morgan fingerprint density at radius 1 is 1.54 bits per heavy atom. The summed E-state index contributed by atoms with van der Waals surface area (Å²) >= 11 is 0. The molecule has 0 unspecified atom stereocenters. The number of hydrogen-bond donors (Lipinski definition) is 0. The predicted octanol–water partition coefficient (Wildman–Crippen LogP) is 1.85. The van der Waals surface area contributed by atoms with Gasteiger partial charge in [0.25, 0.3) is 0 Å². The standard InChI is InChI=1S/C10H13NO2/c1-3-8-5-6-11-9(10(8)12)7-13-4-2/h5-7H,3-4H2,1-2H3. The van der Waals surface area contributed by atoms with Crippen LogP contribution in [-0.2, 0) is 9.53 Å². The SMILES string of the molecule is CCOC=C1N=CC=C(CC)C1=O. The Hall–Kier alpha value is -1.38. The number of aliphatic imine (C=N–C) groups is 1. The molecule has 0 aromatic heterocycles. The van der Waals surface area contributed by atoms with Crippen LogP contribution < -0.4 is 0 Å². The predicted molar refractivity (Wildman–Crippen MR) is 51.6 cm³/mol. The van der Waals surface area contributed by atoms with Gasteiger partial charge in [-0.2, -0.15) is 0 Å². The third kappa shape index (κ3) is 2.28. The Kier molecular flexibility index (Phi) is 3.43. The number of ether oxygens (including phenoxy) is 1. The summed E-state index contributed by atoms with van der Waals surface area (Å²) in [5.74, 6) is -0.0292. The van der Waals surface area contributed by atoms with E-state index in [9.17, 15) is 4.79 Å². The maximum Gasteiger partial charge on any atom is 0.210 e. The highest BCUT2D eigenvalue weighted by molar-refractivity contribution is 6.12. The summed E-state index contributed by atoms with van der Waals surface area (Å²) in [7, 11) is 0. The van der Waals surface area contributed by atoms with Gasteiger partial charge in [0, 0.05) is 11.8 Å². The number of Topliss-reactive ketones (excluding diaryl/α,β-unsaturated/α-hetero) is 1. The fraction of sp³-hybridized carbons (Fsp3) is 0.400. The van der Waals surface area contributed by atoms with Crippen molar-refractivity contribution in [3.05, 3.63) is 23.6 Å². The van der Waals surface area contributed by atoms with Crippen molar-refractivity contribution >= 4 is 12.0 Å². The maximum atomic E-state index is 11.5. The van der Waals surface area contributed by atoms with Crippen LogP contribution in [0.1, 0.15) is 20.3 Å². The quantitative estimate of drug-likeness (QED) is 0.490. The maximum absolute atomic E-state index is 11.5. The largest absolute Gasteiger partial charge is 0.499 e. The highest BCUT2D eigenvalue weighted by atomic mass is 16.5. The van der Waals surface area contributed by atoms with Gasteiger partial charge in [0.2, 0.25) is 5.78 Å². The fourth-order valence-corrected chi connectivity index (χ4v) is 1.03. The first-order valence-electron chi connectivity index (χ1n) is 4.39. The molecule has 1 rings (SSSR count). The average Bonchev–Trinajstić information content (AvgIpc) is 2.16. The first-order valence-corrected chi connectivity index (χ1v) is 4.39. The van der Waals surface area contributed by atoms with Crippen LogP contribution in [0.2, 0.25) is 0 Å². The van der Waals surface area contributed by atoms with E-state index in [1.54, 1.807) is 12.3 Å². The van der Waals surface area contributed by atoms with E-state index < -0.39 is 0 Å². The highest BCUT2D eigenvalue weighted by Gasteiger charge is 2.15. The van der Waals surface area contributed by atoms with Gasteiger partial charge in [-0.3, -0.25) is 4.79 Å². The summed E-state index contributed by atoms with van der Waals surface area (Å²) in [6.45, 7) is 4.36. The zero-order chi connectivity index (χ0) is 9.68. The van der Waals surface area contributed by atoms with Crippen LogP contribution in [0.5, 0.6) is 0 Å². The molecule has 0 saturated carbocycles. The van der Waals surface area contributed by atoms with Gasteiger partial charge in [-0.25, -0.2) is 4.99 Å². The van der Waals surface area contributed by atoms with E-state index >= 15 is 0 Å². The van der Waals surface area contributed by atoms with Crippen molar-refractivity contribution in [2.45, 2.75) is 20.3 Å². The van der Waals surface area contributed by atoms with Gasteiger partial charge in [-0.1, -0.05) is 6.92 Å². The monoisotopic (exact) mass is 179 g/mol. The molecule has 0 spiro atoms. The summed E-state index contributed by atoms with van der Waals surface area (Å²) in [4.78, 5) is 15.5. The molecule has 0 fully saturated rings. The van der Waals surface area contributed by atoms with Crippen molar-refractivity contribution in [1.82, 2.24) is 0 Å². The molecule has 1 heterocycles. The van der Waals surface area contributed by atoms with E-state index in [1.807, 2.05) is 13.8 Å². The molecule has 3 heteroatoms. The van der Waals surface area contributed by atoms with Gasteiger partial charge in [0.15, 0.2) is 0 Å². The lowest BCUT2D eigenvalue weighted by Gasteiger charge is -2.07. The van der Waals surface area contributed by atoms with Gasteiger partial charge < -0.3 is 4.74 Å². The number of rotatable bonds is 3. The summed E-state index contributed by atoms with van der Waals surface area (Å²) in [5, 5.41) is 0. The molecule has 0 aromatic rings. The molecule has 3 nitrogen and oxygen atoms in total. The van der Waals surface area contributed by atoms with E-state index in [-0.39, 0.29) is 5.78 Å². The van der Waals surface area contributed by atoms with Gasteiger partial charge >= 0.3 is 0 Å². The molecule has 1 aliphatic rings. The number of ketones is 1. The minimum absolute atomic E-state index is 0.0292. The zero-order valence-electron chi connectivity index (χ0n) is 7.91. The molecule has 70 valence electrons. The van der Waals surface area contributed by atoms with Crippen molar-refractivity contribution in [3.8, 4) is 0 Å². The molecule has 0 aliphatic carbocycles.